The molecule has 5 heterocycles. The van der Waals surface area contributed by atoms with Crippen LogP contribution < -0.4 is 0 Å². The molecule has 0 spiro atoms. The molecule has 0 aromatic carbocycles. The van der Waals surface area contributed by atoms with Crippen molar-refractivity contribution in [3.63, 3.8) is 0 Å². The van der Waals surface area contributed by atoms with Crippen molar-refractivity contribution in [3.8, 4) is 11.4 Å². The highest BCUT2D eigenvalue weighted by Gasteiger charge is 2.22. The number of hydrogen-bond donors (Lipinski definition) is 0. The van der Waals surface area contributed by atoms with Crippen LogP contribution in [0.2, 0.25) is 0 Å². The van der Waals surface area contributed by atoms with Gasteiger partial charge in [-0.05, 0) is 31.2 Å². The van der Waals surface area contributed by atoms with Crippen LogP contribution in [-0.2, 0) is 13.0 Å². The maximum atomic E-state index is 4.79. The van der Waals surface area contributed by atoms with E-state index in [2.05, 4.69) is 27.0 Å². The summed E-state index contributed by atoms with van der Waals surface area (Å²) < 4.78 is 1.80. The van der Waals surface area contributed by atoms with Gasteiger partial charge in [0.15, 0.2) is 11.5 Å². The number of thiophene rings is 1. The van der Waals surface area contributed by atoms with Crippen molar-refractivity contribution in [1.29, 1.82) is 0 Å². The van der Waals surface area contributed by atoms with Crippen LogP contribution in [0.1, 0.15) is 10.4 Å². The molecule has 4 aromatic heterocycles. The van der Waals surface area contributed by atoms with Crippen molar-refractivity contribution in [2.45, 2.75) is 13.0 Å². The first-order valence-corrected chi connectivity index (χ1v) is 8.36. The molecule has 6 nitrogen and oxygen atoms in total. The zero-order chi connectivity index (χ0) is 15.4. The number of pyridine rings is 1. The second-order valence-electron chi connectivity index (χ2n) is 5.86. The first-order chi connectivity index (χ1) is 11.3. The first-order valence-electron chi connectivity index (χ1n) is 7.54. The number of fused-ring (bicyclic) bond motifs is 5. The van der Waals surface area contributed by atoms with Gasteiger partial charge in [-0.1, -0.05) is 0 Å². The molecule has 0 aliphatic carbocycles. The molecule has 5 rings (SSSR count). The monoisotopic (exact) mass is 322 g/mol. The average Bonchev–Trinajstić information content (AvgIpc) is 3.15. The van der Waals surface area contributed by atoms with Gasteiger partial charge in [0.25, 0.3) is 0 Å². The van der Waals surface area contributed by atoms with E-state index in [4.69, 9.17) is 4.98 Å². The van der Waals surface area contributed by atoms with Crippen molar-refractivity contribution in [2.75, 3.05) is 13.6 Å². The van der Waals surface area contributed by atoms with Gasteiger partial charge in [-0.15, -0.1) is 16.4 Å². The van der Waals surface area contributed by atoms with Crippen LogP contribution >= 0.6 is 11.3 Å². The maximum Gasteiger partial charge on any atom is 0.182 e. The summed E-state index contributed by atoms with van der Waals surface area (Å²) in [5, 5.41) is 5.76. The molecule has 0 bridgehead atoms. The standard InChI is InChI=1S/C16H14N6S/c1-21-7-4-11-12(8-21)23-16-13(11)15-19-14(20-22(15)9-18-16)10-2-5-17-6-3-10/h2-3,5-6,9H,4,7-8H2,1H3. The number of nitrogens with zero attached hydrogens (tertiary/aromatic N) is 6. The van der Waals surface area contributed by atoms with Crippen LogP contribution in [0.4, 0.5) is 0 Å². The van der Waals surface area contributed by atoms with Crippen molar-refractivity contribution >= 4 is 27.2 Å². The van der Waals surface area contributed by atoms with Gasteiger partial charge >= 0.3 is 0 Å². The van der Waals surface area contributed by atoms with Crippen molar-refractivity contribution in [2.24, 2.45) is 0 Å². The van der Waals surface area contributed by atoms with E-state index in [-0.39, 0.29) is 0 Å². The van der Waals surface area contributed by atoms with Gasteiger partial charge in [-0.3, -0.25) is 4.98 Å². The van der Waals surface area contributed by atoms with Crippen LogP contribution in [0, 0.1) is 0 Å². The highest BCUT2D eigenvalue weighted by Crippen LogP contribution is 2.35. The van der Waals surface area contributed by atoms with Gasteiger partial charge in [-0.25, -0.2) is 14.5 Å². The van der Waals surface area contributed by atoms with Gasteiger partial charge in [0.2, 0.25) is 0 Å². The Labute approximate surface area is 136 Å². The molecule has 0 saturated heterocycles. The summed E-state index contributed by atoms with van der Waals surface area (Å²) in [5.74, 6) is 0.717. The van der Waals surface area contributed by atoms with E-state index in [0.717, 1.165) is 41.4 Å². The molecular weight excluding hydrogens is 308 g/mol. The van der Waals surface area contributed by atoms with E-state index in [1.165, 1.54) is 15.8 Å². The molecule has 0 saturated carbocycles. The Balaban J connectivity index is 1.78. The summed E-state index contributed by atoms with van der Waals surface area (Å²) in [6.45, 7) is 2.07. The van der Waals surface area contributed by atoms with Crippen molar-refractivity contribution in [1.82, 2.24) is 29.5 Å². The summed E-state index contributed by atoms with van der Waals surface area (Å²) in [6, 6.07) is 3.86. The summed E-state index contributed by atoms with van der Waals surface area (Å²) in [6.07, 6.45) is 6.33. The summed E-state index contributed by atoms with van der Waals surface area (Å²) in [4.78, 5) is 18.3. The fraction of sp³-hybridized carbons (Fsp3) is 0.250. The quantitative estimate of drug-likeness (QED) is 0.538. The number of hydrogen-bond acceptors (Lipinski definition) is 6. The van der Waals surface area contributed by atoms with Crippen LogP contribution in [0.15, 0.2) is 30.9 Å². The minimum Gasteiger partial charge on any atom is -0.301 e. The Hall–Kier alpha value is -2.38. The zero-order valence-corrected chi connectivity index (χ0v) is 13.4. The minimum absolute atomic E-state index is 0.717. The maximum absolute atomic E-state index is 4.79. The van der Waals surface area contributed by atoms with Crippen molar-refractivity contribution < 1.29 is 0 Å². The zero-order valence-electron chi connectivity index (χ0n) is 12.6. The van der Waals surface area contributed by atoms with Crippen LogP contribution in [0.25, 0.3) is 27.3 Å². The lowest BCUT2D eigenvalue weighted by molar-refractivity contribution is 0.318. The lowest BCUT2D eigenvalue weighted by Gasteiger charge is -2.21. The fourth-order valence-corrected chi connectivity index (χ4v) is 4.41. The Kier molecular flexibility index (Phi) is 2.74. The summed E-state index contributed by atoms with van der Waals surface area (Å²) >= 11 is 1.78. The third-order valence-corrected chi connectivity index (χ3v) is 5.43. The molecule has 7 heteroatoms. The Morgan fingerprint density at radius 2 is 2.09 bits per heavy atom. The molecule has 0 unspecified atom stereocenters. The van der Waals surface area contributed by atoms with Gasteiger partial charge in [-0.2, -0.15) is 0 Å². The smallest absolute Gasteiger partial charge is 0.182 e. The van der Waals surface area contributed by atoms with Gasteiger partial charge in [0.1, 0.15) is 11.2 Å². The number of rotatable bonds is 1. The molecule has 23 heavy (non-hydrogen) atoms. The fourth-order valence-electron chi connectivity index (χ4n) is 3.14. The predicted molar refractivity (Wildman–Crippen MR) is 89.4 cm³/mol. The Bertz CT molecular complexity index is 1020. The summed E-state index contributed by atoms with van der Waals surface area (Å²) in [5.41, 5.74) is 3.28. The van der Waals surface area contributed by atoms with Gasteiger partial charge in [0, 0.05) is 35.9 Å². The third kappa shape index (κ3) is 1.97. The normalized spacial score (nSPS) is 15.3. The first kappa shape index (κ1) is 13.1. The Morgan fingerprint density at radius 1 is 1.22 bits per heavy atom. The molecule has 1 aliphatic heterocycles. The van der Waals surface area contributed by atoms with Crippen LogP contribution in [0.5, 0.6) is 0 Å². The van der Waals surface area contributed by atoms with E-state index in [1.54, 1.807) is 34.6 Å². The lowest BCUT2D eigenvalue weighted by atomic mass is 10.1. The number of likely N-dealkylation sites (N-methyl/N-ethyl adjacent to an activating group) is 1. The molecule has 1 aliphatic rings. The molecule has 4 aromatic rings. The predicted octanol–water partition coefficient (Wildman–Crippen LogP) is 2.39. The highest BCUT2D eigenvalue weighted by atomic mass is 32.1. The molecule has 114 valence electrons. The highest BCUT2D eigenvalue weighted by molar-refractivity contribution is 7.19. The largest absolute Gasteiger partial charge is 0.301 e. The molecule has 0 fully saturated rings. The summed E-state index contributed by atoms with van der Waals surface area (Å²) in [7, 11) is 2.16. The third-order valence-electron chi connectivity index (χ3n) is 4.31. The van der Waals surface area contributed by atoms with E-state index in [0.29, 0.717) is 0 Å². The van der Waals surface area contributed by atoms with E-state index in [9.17, 15) is 0 Å². The molecule has 0 atom stereocenters. The van der Waals surface area contributed by atoms with E-state index < -0.39 is 0 Å². The number of aromatic nitrogens is 5. The minimum atomic E-state index is 0.717. The second-order valence-corrected chi connectivity index (χ2v) is 6.94. The van der Waals surface area contributed by atoms with Gasteiger partial charge < -0.3 is 4.90 Å². The van der Waals surface area contributed by atoms with Crippen LogP contribution in [-0.4, -0.2) is 43.1 Å². The molecule has 0 N–H and O–H groups in total. The van der Waals surface area contributed by atoms with E-state index >= 15 is 0 Å². The van der Waals surface area contributed by atoms with Gasteiger partial charge in [0.05, 0.1) is 5.39 Å². The van der Waals surface area contributed by atoms with Crippen molar-refractivity contribution in [3.05, 3.63) is 41.3 Å². The SMILES string of the molecule is CN1CCc2c(sc3ncn4nc(-c5ccncc5)nc4c23)C1. The molecule has 0 radical (unpaired) electrons. The molecule has 0 amide bonds. The average molecular weight is 322 g/mol. The Morgan fingerprint density at radius 3 is 2.96 bits per heavy atom. The van der Waals surface area contributed by atoms with Crippen LogP contribution in [0.3, 0.4) is 0 Å². The topological polar surface area (TPSA) is 59.2 Å². The second kappa shape index (κ2) is 4.81. The molecular formula is C16H14N6S. The lowest BCUT2D eigenvalue weighted by Crippen LogP contribution is -2.25. The van der Waals surface area contributed by atoms with E-state index in [1.807, 2.05) is 12.1 Å².